The van der Waals surface area contributed by atoms with Crippen molar-refractivity contribution in [1.29, 1.82) is 0 Å². The van der Waals surface area contributed by atoms with Crippen LogP contribution in [-0.4, -0.2) is 32.1 Å². The molecule has 6 heteroatoms. The largest absolute Gasteiger partial charge is 0.360 e. The molecule has 4 rings (SSSR count). The summed E-state index contributed by atoms with van der Waals surface area (Å²) >= 11 is 0. The van der Waals surface area contributed by atoms with E-state index in [1.165, 1.54) is 0 Å². The first-order valence-electron chi connectivity index (χ1n) is 8.47. The number of hydrogen-bond donors (Lipinski definition) is 0. The molecule has 3 aromatic rings. The lowest BCUT2D eigenvalue weighted by atomic mass is 10.0. The molecule has 6 nitrogen and oxygen atoms in total. The van der Waals surface area contributed by atoms with Gasteiger partial charge in [-0.05, 0) is 23.8 Å². The fourth-order valence-corrected chi connectivity index (χ4v) is 3.30. The minimum atomic E-state index is -0.177. The smallest absolute Gasteiger partial charge is 0.276 e. The Morgan fingerprint density at radius 3 is 2.88 bits per heavy atom. The van der Waals surface area contributed by atoms with Crippen molar-refractivity contribution in [3.05, 3.63) is 71.6 Å². The highest BCUT2D eigenvalue weighted by molar-refractivity contribution is 5.93. The van der Waals surface area contributed by atoms with E-state index in [-0.39, 0.29) is 17.9 Å². The summed E-state index contributed by atoms with van der Waals surface area (Å²) in [4.78, 5) is 19.2. The zero-order chi connectivity index (χ0) is 17.4. The van der Waals surface area contributed by atoms with Gasteiger partial charge in [-0.15, -0.1) is 0 Å². The van der Waals surface area contributed by atoms with Crippen LogP contribution < -0.4 is 0 Å². The predicted octanol–water partition coefficient (Wildman–Crippen LogP) is 3.24. The minimum Gasteiger partial charge on any atom is -0.360 e. The first-order chi connectivity index (χ1) is 12.1. The molecule has 1 aliphatic heterocycles. The van der Waals surface area contributed by atoms with Crippen LogP contribution in [0.2, 0.25) is 0 Å². The Morgan fingerprint density at radius 1 is 1.28 bits per heavy atom. The van der Waals surface area contributed by atoms with Gasteiger partial charge in [-0.25, -0.2) is 0 Å². The molecule has 4 heterocycles. The molecule has 1 aliphatic rings. The van der Waals surface area contributed by atoms with Crippen molar-refractivity contribution >= 4 is 5.91 Å². The molecule has 0 N–H and O–H groups in total. The van der Waals surface area contributed by atoms with Crippen molar-refractivity contribution in [2.75, 3.05) is 6.54 Å². The number of fused-ring (bicyclic) bond motifs is 1. The molecule has 0 saturated carbocycles. The lowest BCUT2D eigenvalue weighted by Gasteiger charge is -2.36. The zero-order valence-electron chi connectivity index (χ0n) is 14.3. The Morgan fingerprint density at radius 2 is 2.16 bits per heavy atom. The van der Waals surface area contributed by atoms with Gasteiger partial charge in [-0.3, -0.25) is 9.78 Å². The second kappa shape index (κ2) is 6.20. The van der Waals surface area contributed by atoms with Crippen LogP contribution in [0.25, 0.3) is 0 Å². The topological polar surface area (TPSA) is 64.2 Å². The highest BCUT2D eigenvalue weighted by Gasteiger charge is 2.34. The van der Waals surface area contributed by atoms with Crippen molar-refractivity contribution in [1.82, 2.24) is 19.6 Å². The Balaban J connectivity index is 1.73. The highest BCUT2D eigenvalue weighted by atomic mass is 16.5. The van der Waals surface area contributed by atoms with E-state index in [2.05, 4.69) is 20.8 Å². The van der Waals surface area contributed by atoms with Gasteiger partial charge >= 0.3 is 0 Å². The van der Waals surface area contributed by atoms with E-state index in [4.69, 9.17) is 4.52 Å². The van der Waals surface area contributed by atoms with Gasteiger partial charge in [0.05, 0.1) is 6.04 Å². The van der Waals surface area contributed by atoms with E-state index < -0.39 is 0 Å². The molecule has 0 saturated heterocycles. The van der Waals surface area contributed by atoms with E-state index in [1.807, 2.05) is 49.3 Å². The van der Waals surface area contributed by atoms with Gasteiger partial charge in [0.25, 0.3) is 5.91 Å². The monoisotopic (exact) mass is 336 g/mol. The van der Waals surface area contributed by atoms with Crippen LogP contribution in [0.4, 0.5) is 0 Å². The molecule has 3 aromatic heterocycles. The molecule has 128 valence electrons. The molecule has 0 spiro atoms. The molecule has 0 aliphatic carbocycles. The summed E-state index contributed by atoms with van der Waals surface area (Å²) in [6.07, 6.45) is 5.60. The number of pyridine rings is 1. The van der Waals surface area contributed by atoms with Gasteiger partial charge in [0.15, 0.2) is 5.69 Å². The number of nitrogens with zero attached hydrogens (tertiary/aromatic N) is 4. The van der Waals surface area contributed by atoms with E-state index >= 15 is 0 Å². The van der Waals surface area contributed by atoms with Crippen LogP contribution >= 0.6 is 0 Å². The first kappa shape index (κ1) is 15.6. The molecular weight excluding hydrogens is 316 g/mol. The number of hydrogen-bond acceptors (Lipinski definition) is 4. The van der Waals surface area contributed by atoms with Gasteiger partial charge in [-0.2, -0.15) is 0 Å². The standard InChI is InChI=1S/C19H20N4O2/c1-13(2)17-11-15(21-25-17)19(24)23-10-9-22-8-4-6-16(22)18(23)14-5-3-7-20-12-14/h3-8,11-13,18H,9-10H2,1-2H3/t18-/m1/s1. The number of carbonyl (C=O) groups is 1. The Hall–Kier alpha value is -2.89. The van der Waals surface area contributed by atoms with Crippen LogP contribution in [-0.2, 0) is 6.54 Å². The van der Waals surface area contributed by atoms with E-state index in [1.54, 1.807) is 12.3 Å². The third-order valence-electron chi connectivity index (χ3n) is 4.62. The lowest BCUT2D eigenvalue weighted by molar-refractivity contribution is 0.0653. The summed E-state index contributed by atoms with van der Waals surface area (Å²) in [6, 6.07) is 9.54. The van der Waals surface area contributed by atoms with E-state index in [9.17, 15) is 4.79 Å². The zero-order valence-corrected chi connectivity index (χ0v) is 14.3. The summed E-state index contributed by atoms with van der Waals surface area (Å²) in [6.45, 7) is 5.41. The third-order valence-corrected chi connectivity index (χ3v) is 4.62. The number of aromatic nitrogens is 3. The fourth-order valence-electron chi connectivity index (χ4n) is 3.30. The molecule has 0 bridgehead atoms. The van der Waals surface area contributed by atoms with Crippen molar-refractivity contribution in [2.45, 2.75) is 32.4 Å². The quantitative estimate of drug-likeness (QED) is 0.736. The highest BCUT2D eigenvalue weighted by Crippen LogP contribution is 2.33. The summed E-state index contributed by atoms with van der Waals surface area (Å²) in [5.74, 6) is 0.806. The van der Waals surface area contributed by atoms with Crippen molar-refractivity contribution in [3.63, 3.8) is 0 Å². The minimum absolute atomic E-state index is 0.114. The molecular formula is C19H20N4O2. The molecule has 0 aromatic carbocycles. The van der Waals surface area contributed by atoms with Gasteiger partial charge < -0.3 is 14.0 Å². The predicted molar refractivity (Wildman–Crippen MR) is 92.1 cm³/mol. The molecule has 1 amide bonds. The maximum absolute atomic E-state index is 13.1. The summed E-state index contributed by atoms with van der Waals surface area (Å²) in [5, 5.41) is 4.00. The van der Waals surface area contributed by atoms with Crippen LogP contribution in [0.3, 0.4) is 0 Å². The summed E-state index contributed by atoms with van der Waals surface area (Å²) in [7, 11) is 0. The molecule has 0 fully saturated rings. The summed E-state index contributed by atoms with van der Waals surface area (Å²) in [5.41, 5.74) is 2.43. The average molecular weight is 336 g/mol. The van der Waals surface area contributed by atoms with Gasteiger partial charge in [0.1, 0.15) is 5.76 Å². The summed E-state index contributed by atoms with van der Waals surface area (Å²) < 4.78 is 7.50. The normalized spacial score (nSPS) is 16.9. The number of amides is 1. The lowest BCUT2D eigenvalue weighted by Crippen LogP contribution is -2.42. The third kappa shape index (κ3) is 2.73. The van der Waals surface area contributed by atoms with Gasteiger partial charge in [0.2, 0.25) is 0 Å². The maximum Gasteiger partial charge on any atom is 0.276 e. The molecule has 25 heavy (non-hydrogen) atoms. The van der Waals surface area contributed by atoms with Crippen molar-refractivity contribution in [2.24, 2.45) is 0 Å². The van der Waals surface area contributed by atoms with Gasteiger partial charge in [0, 0.05) is 49.4 Å². The maximum atomic E-state index is 13.1. The van der Waals surface area contributed by atoms with Crippen LogP contribution in [0.15, 0.2) is 53.4 Å². The van der Waals surface area contributed by atoms with Crippen LogP contribution in [0, 0.1) is 0 Å². The second-order valence-corrected chi connectivity index (χ2v) is 6.58. The SMILES string of the molecule is CC(C)c1cc(C(=O)N2CCn3cccc3[C@H]2c2cccnc2)no1. The first-order valence-corrected chi connectivity index (χ1v) is 8.47. The Labute approximate surface area is 146 Å². The van der Waals surface area contributed by atoms with Crippen molar-refractivity contribution < 1.29 is 9.32 Å². The number of carbonyl (C=O) groups excluding carboxylic acids is 1. The fraction of sp³-hybridized carbons (Fsp3) is 0.316. The Kier molecular flexibility index (Phi) is 3.87. The second-order valence-electron chi connectivity index (χ2n) is 6.58. The molecule has 0 unspecified atom stereocenters. The van der Waals surface area contributed by atoms with Gasteiger partial charge in [-0.1, -0.05) is 25.1 Å². The van der Waals surface area contributed by atoms with E-state index in [0.29, 0.717) is 12.2 Å². The Bertz CT molecular complexity index is 882. The molecule has 1 atom stereocenters. The van der Waals surface area contributed by atoms with E-state index in [0.717, 1.165) is 23.6 Å². The van der Waals surface area contributed by atoms with Crippen LogP contribution in [0.5, 0.6) is 0 Å². The number of rotatable bonds is 3. The van der Waals surface area contributed by atoms with Crippen molar-refractivity contribution in [3.8, 4) is 0 Å². The average Bonchev–Trinajstić information content (AvgIpc) is 3.30. The van der Waals surface area contributed by atoms with Crippen LogP contribution in [0.1, 0.15) is 53.3 Å². The molecule has 0 radical (unpaired) electrons.